The third-order valence-electron chi connectivity index (χ3n) is 1.85. The standard InChI is InChI=1S/C10H10ClF3N4S/c1-18(2)5-16-9(19)17-8-7(11)3-6(4-15-8)10(12,13)14/h3-5H,1-2H3,(H,15,17,19)/p+1. The Bertz CT molecular complexity index is 512. The van der Waals surface area contributed by atoms with Gasteiger partial charge in [0.15, 0.2) is 5.82 Å². The molecule has 1 aromatic heterocycles. The highest BCUT2D eigenvalue weighted by Gasteiger charge is 2.31. The first kappa shape index (κ1) is 15.6. The Balaban J connectivity index is 2.81. The molecule has 2 N–H and O–H groups in total. The van der Waals surface area contributed by atoms with Crippen molar-refractivity contribution in [3.8, 4) is 0 Å². The van der Waals surface area contributed by atoms with Gasteiger partial charge in [-0.2, -0.15) is 13.2 Å². The van der Waals surface area contributed by atoms with E-state index in [0.717, 1.165) is 6.07 Å². The van der Waals surface area contributed by atoms with Gasteiger partial charge >= 0.3 is 6.18 Å². The van der Waals surface area contributed by atoms with Gasteiger partial charge in [-0.25, -0.2) is 10.3 Å². The van der Waals surface area contributed by atoms with Gasteiger partial charge in [0.05, 0.1) is 24.7 Å². The maximum absolute atomic E-state index is 12.4. The lowest BCUT2D eigenvalue weighted by Crippen LogP contribution is -2.30. The molecule has 0 aliphatic rings. The highest BCUT2D eigenvalue weighted by molar-refractivity contribution is 7.80. The molecule has 0 saturated carbocycles. The SMILES string of the molecule is C[N+](C)=CNC(=S)Nc1ncc(C(F)(F)F)cc1Cl. The predicted molar refractivity (Wildman–Crippen MR) is 71.8 cm³/mol. The van der Waals surface area contributed by atoms with Crippen LogP contribution in [0, 0.1) is 0 Å². The van der Waals surface area contributed by atoms with Gasteiger partial charge in [-0.3, -0.25) is 9.89 Å². The number of aromatic nitrogens is 1. The molecule has 0 saturated heterocycles. The zero-order valence-electron chi connectivity index (χ0n) is 10.0. The van der Waals surface area contributed by atoms with E-state index in [2.05, 4.69) is 15.6 Å². The van der Waals surface area contributed by atoms with Crippen LogP contribution in [0.1, 0.15) is 5.56 Å². The number of hydrogen-bond acceptors (Lipinski definition) is 2. The number of hydrogen-bond donors (Lipinski definition) is 2. The highest BCUT2D eigenvalue weighted by Crippen LogP contribution is 2.32. The molecule has 1 heterocycles. The van der Waals surface area contributed by atoms with Crippen LogP contribution in [0.5, 0.6) is 0 Å². The van der Waals surface area contributed by atoms with Gasteiger partial charge < -0.3 is 0 Å². The van der Waals surface area contributed by atoms with Gasteiger partial charge in [-0.1, -0.05) is 11.6 Å². The van der Waals surface area contributed by atoms with Crippen LogP contribution in [0.15, 0.2) is 12.3 Å². The summed E-state index contributed by atoms with van der Waals surface area (Å²) in [6.07, 6.45) is -2.23. The molecular formula is C10H11ClF3N4S+. The molecule has 1 rings (SSSR count). The van der Waals surface area contributed by atoms with Crippen LogP contribution in [0.2, 0.25) is 5.02 Å². The van der Waals surface area contributed by atoms with Gasteiger partial charge in [0.2, 0.25) is 6.34 Å². The topological polar surface area (TPSA) is 40.0 Å². The first-order chi connectivity index (χ1) is 8.70. The molecule has 0 amide bonds. The number of rotatable bonds is 2. The third kappa shape index (κ3) is 4.99. The second-order valence-electron chi connectivity index (χ2n) is 3.74. The van der Waals surface area contributed by atoms with Crippen molar-refractivity contribution in [1.29, 1.82) is 0 Å². The average molecular weight is 312 g/mol. The normalized spacial score (nSPS) is 10.8. The minimum absolute atomic E-state index is 0.0549. The molecule has 0 fully saturated rings. The Morgan fingerprint density at radius 2 is 2.11 bits per heavy atom. The number of halogens is 4. The van der Waals surface area contributed by atoms with Crippen molar-refractivity contribution in [3.63, 3.8) is 0 Å². The summed E-state index contributed by atoms with van der Waals surface area (Å²) in [7, 11) is 3.55. The zero-order chi connectivity index (χ0) is 14.6. The number of pyridine rings is 1. The third-order valence-corrected chi connectivity index (χ3v) is 2.36. The molecule has 104 valence electrons. The fourth-order valence-electron chi connectivity index (χ4n) is 1.02. The summed E-state index contributed by atoms with van der Waals surface area (Å²) in [6, 6.07) is 0.787. The summed E-state index contributed by atoms with van der Waals surface area (Å²) in [6.45, 7) is 0. The molecule has 0 spiro atoms. The maximum atomic E-state index is 12.4. The molecule has 9 heteroatoms. The molecule has 0 unspecified atom stereocenters. The number of nitrogens with one attached hydrogen (secondary N) is 2. The molecule has 1 aromatic rings. The van der Waals surface area contributed by atoms with Crippen molar-refractivity contribution >= 4 is 41.1 Å². The quantitative estimate of drug-likeness (QED) is 0.381. The van der Waals surface area contributed by atoms with Crippen LogP contribution < -0.4 is 10.6 Å². The largest absolute Gasteiger partial charge is 0.417 e. The number of anilines is 1. The summed E-state index contributed by atoms with van der Waals surface area (Å²) >= 11 is 10.6. The molecular weight excluding hydrogens is 301 g/mol. The van der Waals surface area contributed by atoms with Crippen LogP contribution in [0.4, 0.5) is 19.0 Å². The van der Waals surface area contributed by atoms with E-state index in [1.165, 1.54) is 0 Å². The summed E-state index contributed by atoms with van der Waals surface area (Å²) in [4.78, 5) is 3.59. The molecule has 0 atom stereocenters. The molecule has 19 heavy (non-hydrogen) atoms. The van der Waals surface area contributed by atoms with Crippen molar-refractivity contribution in [2.24, 2.45) is 0 Å². The highest BCUT2D eigenvalue weighted by atomic mass is 35.5. The smallest absolute Gasteiger partial charge is 0.296 e. The lowest BCUT2D eigenvalue weighted by Gasteiger charge is -2.09. The van der Waals surface area contributed by atoms with E-state index in [4.69, 9.17) is 23.8 Å². The van der Waals surface area contributed by atoms with E-state index in [1.807, 2.05) is 0 Å². The Morgan fingerprint density at radius 1 is 1.47 bits per heavy atom. The van der Waals surface area contributed by atoms with E-state index in [9.17, 15) is 13.2 Å². The van der Waals surface area contributed by atoms with E-state index < -0.39 is 11.7 Å². The van der Waals surface area contributed by atoms with E-state index in [0.29, 0.717) is 6.20 Å². The lowest BCUT2D eigenvalue weighted by atomic mass is 10.3. The fraction of sp³-hybridized carbons (Fsp3) is 0.300. The first-order valence-electron chi connectivity index (χ1n) is 5.00. The monoisotopic (exact) mass is 311 g/mol. The molecule has 0 bridgehead atoms. The van der Waals surface area contributed by atoms with Crippen LogP contribution in [0.25, 0.3) is 0 Å². The Kier molecular flexibility index (Phi) is 5.07. The minimum Gasteiger partial charge on any atom is -0.296 e. The minimum atomic E-state index is -4.48. The lowest BCUT2D eigenvalue weighted by molar-refractivity contribution is -0.460. The van der Waals surface area contributed by atoms with Crippen molar-refractivity contribution in [2.45, 2.75) is 6.18 Å². The first-order valence-corrected chi connectivity index (χ1v) is 5.79. The van der Waals surface area contributed by atoms with Crippen LogP contribution in [-0.4, -0.2) is 35.1 Å². The van der Waals surface area contributed by atoms with Crippen LogP contribution in [0.3, 0.4) is 0 Å². The van der Waals surface area contributed by atoms with Crippen molar-refractivity contribution < 1.29 is 17.7 Å². The zero-order valence-corrected chi connectivity index (χ0v) is 11.6. The van der Waals surface area contributed by atoms with Gasteiger partial charge in [-0.05, 0) is 18.3 Å². The van der Waals surface area contributed by atoms with Gasteiger partial charge in [0.1, 0.15) is 0 Å². The molecule has 0 aliphatic heterocycles. The van der Waals surface area contributed by atoms with Gasteiger partial charge in [-0.15, -0.1) is 0 Å². The summed E-state index contributed by atoms with van der Waals surface area (Å²) in [5.41, 5.74) is -0.915. The second-order valence-corrected chi connectivity index (χ2v) is 4.56. The van der Waals surface area contributed by atoms with Gasteiger partial charge in [0, 0.05) is 6.20 Å². The van der Waals surface area contributed by atoms with Gasteiger partial charge in [0.25, 0.3) is 5.11 Å². The second kappa shape index (κ2) is 6.16. The van der Waals surface area contributed by atoms with Crippen molar-refractivity contribution in [3.05, 3.63) is 22.8 Å². The van der Waals surface area contributed by atoms with E-state index in [-0.39, 0.29) is 16.0 Å². The summed E-state index contributed by atoms with van der Waals surface area (Å²) in [5.74, 6) is 0.0549. The fourth-order valence-corrected chi connectivity index (χ4v) is 1.38. The van der Waals surface area contributed by atoms with E-state index in [1.54, 1.807) is 25.0 Å². The van der Waals surface area contributed by atoms with Crippen molar-refractivity contribution in [1.82, 2.24) is 10.3 Å². The Hall–Kier alpha value is -1.41. The molecule has 0 radical (unpaired) electrons. The molecule has 4 nitrogen and oxygen atoms in total. The molecule has 0 aliphatic carbocycles. The molecule has 0 aromatic carbocycles. The Morgan fingerprint density at radius 3 is 2.58 bits per heavy atom. The van der Waals surface area contributed by atoms with Crippen LogP contribution >= 0.6 is 23.8 Å². The van der Waals surface area contributed by atoms with Crippen molar-refractivity contribution in [2.75, 3.05) is 19.4 Å². The summed E-state index contributed by atoms with van der Waals surface area (Å²) < 4.78 is 38.9. The number of thiocarbonyl (C=S) groups is 1. The van der Waals surface area contributed by atoms with Crippen LogP contribution in [-0.2, 0) is 6.18 Å². The summed E-state index contributed by atoms with van der Waals surface area (Å²) in [5, 5.41) is 5.31. The number of nitrogens with zero attached hydrogens (tertiary/aromatic N) is 2. The van der Waals surface area contributed by atoms with E-state index >= 15 is 0 Å². The Labute approximate surface area is 118 Å². The predicted octanol–water partition coefficient (Wildman–Crippen LogP) is 2.34. The maximum Gasteiger partial charge on any atom is 0.417 e. The number of alkyl halides is 3. The average Bonchev–Trinajstić information content (AvgIpc) is 2.27.